The topological polar surface area (TPSA) is 73.8 Å². The zero-order valence-corrected chi connectivity index (χ0v) is 19.0. The normalized spacial score (nSPS) is 17.5. The van der Waals surface area contributed by atoms with Gasteiger partial charge in [0.15, 0.2) is 5.84 Å². The lowest BCUT2D eigenvalue weighted by Crippen LogP contribution is -2.35. The quantitative estimate of drug-likeness (QED) is 0.585. The Morgan fingerprint density at radius 1 is 1.23 bits per heavy atom. The average Bonchev–Trinajstić information content (AvgIpc) is 3.21. The molecule has 0 saturated carbocycles. The van der Waals surface area contributed by atoms with Gasteiger partial charge in [0.05, 0.1) is 16.3 Å². The van der Waals surface area contributed by atoms with Gasteiger partial charge in [-0.2, -0.15) is 15.1 Å². The first-order valence-corrected chi connectivity index (χ1v) is 11.0. The standard InChI is InChI=1S/C21H19Cl2N5OS/c1-4-5-18-26-28-19(24)15(20(29)25-21(28)30-18)9-13-8-11(2)27(12(13)3)17-10-14(22)6-7-16(17)23/h6-10,24H,4-5H2,1-3H3. The van der Waals surface area contributed by atoms with E-state index in [4.69, 9.17) is 28.6 Å². The van der Waals surface area contributed by atoms with Gasteiger partial charge in [-0.05, 0) is 74.4 Å². The van der Waals surface area contributed by atoms with Crippen LogP contribution < -0.4 is 0 Å². The number of aryl methyl sites for hydroxylation is 1. The smallest absolute Gasteiger partial charge is 0.283 e. The Morgan fingerprint density at radius 2 is 2.00 bits per heavy atom. The van der Waals surface area contributed by atoms with Crippen LogP contribution in [0.25, 0.3) is 11.8 Å². The van der Waals surface area contributed by atoms with Crippen molar-refractivity contribution in [2.45, 2.75) is 33.6 Å². The summed E-state index contributed by atoms with van der Waals surface area (Å²) in [6.07, 6.45) is 3.43. The Morgan fingerprint density at radius 3 is 2.73 bits per heavy atom. The summed E-state index contributed by atoms with van der Waals surface area (Å²) in [5, 5.41) is 16.9. The first-order chi connectivity index (χ1) is 14.3. The summed E-state index contributed by atoms with van der Waals surface area (Å²) < 4.78 is 1.98. The monoisotopic (exact) mass is 459 g/mol. The molecule has 0 unspecified atom stereocenters. The third-order valence-electron chi connectivity index (χ3n) is 4.88. The van der Waals surface area contributed by atoms with Crippen LogP contribution in [0.4, 0.5) is 0 Å². The number of thioether (sulfide) groups is 1. The number of halogens is 2. The lowest BCUT2D eigenvalue weighted by molar-refractivity contribution is -0.114. The molecule has 6 nitrogen and oxygen atoms in total. The van der Waals surface area contributed by atoms with Crippen molar-refractivity contribution in [3.05, 3.63) is 56.8 Å². The predicted octanol–water partition coefficient (Wildman–Crippen LogP) is 5.82. The molecule has 1 aromatic heterocycles. The number of nitrogens with zero attached hydrogens (tertiary/aromatic N) is 4. The molecule has 1 N–H and O–H groups in total. The number of hydrogen-bond acceptors (Lipinski definition) is 4. The maximum absolute atomic E-state index is 12.7. The molecular weight excluding hydrogens is 441 g/mol. The highest BCUT2D eigenvalue weighted by Gasteiger charge is 2.35. The van der Waals surface area contributed by atoms with Crippen LogP contribution in [0.3, 0.4) is 0 Å². The third-order valence-corrected chi connectivity index (χ3v) is 6.40. The molecule has 3 heterocycles. The molecule has 0 fully saturated rings. The second-order valence-corrected chi connectivity index (χ2v) is 8.91. The Bertz CT molecular complexity index is 1180. The zero-order valence-electron chi connectivity index (χ0n) is 16.7. The minimum Gasteiger partial charge on any atom is -0.316 e. The third kappa shape index (κ3) is 3.62. The molecule has 4 rings (SSSR count). The molecule has 2 aromatic rings. The molecule has 30 heavy (non-hydrogen) atoms. The van der Waals surface area contributed by atoms with Crippen LogP contribution in [0, 0.1) is 19.3 Å². The summed E-state index contributed by atoms with van der Waals surface area (Å²) in [6.45, 7) is 5.95. The van der Waals surface area contributed by atoms with Crippen LogP contribution in [0.15, 0.2) is 39.9 Å². The van der Waals surface area contributed by atoms with Crippen molar-refractivity contribution in [3.63, 3.8) is 0 Å². The fraction of sp³-hybridized carbons (Fsp3) is 0.238. The van der Waals surface area contributed by atoms with Gasteiger partial charge in [-0.25, -0.2) is 0 Å². The highest BCUT2D eigenvalue weighted by atomic mass is 35.5. The van der Waals surface area contributed by atoms with Gasteiger partial charge in [0.2, 0.25) is 5.17 Å². The first kappa shape index (κ1) is 20.9. The minimum atomic E-state index is -0.433. The molecule has 2 aliphatic heterocycles. The molecule has 0 radical (unpaired) electrons. The lowest BCUT2D eigenvalue weighted by Gasteiger charge is -2.20. The molecule has 9 heteroatoms. The summed E-state index contributed by atoms with van der Waals surface area (Å²) >= 11 is 13.9. The number of benzene rings is 1. The average molecular weight is 460 g/mol. The molecule has 0 saturated heterocycles. The van der Waals surface area contributed by atoms with Crippen LogP contribution in [0.1, 0.15) is 36.7 Å². The van der Waals surface area contributed by atoms with Crippen LogP contribution >= 0.6 is 35.0 Å². The summed E-state index contributed by atoms with van der Waals surface area (Å²) in [7, 11) is 0. The summed E-state index contributed by atoms with van der Waals surface area (Å²) in [4.78, 5) is 16.8. The van der Waals surface area contributed by atoms with E-state index in [1.165, 1.54) is 16.8 Å². The summed E-state index contributed by atoms with van der Waals surface area (Å²) in [5.41, 5.74) is 3.59. The lowest BCUT2D eigenvalue weighted by atomic mass is 10.1. The Hall–Kier alpha value is -2.35. The van der Waals surface area contributed by atoms with Crippen molar-refractivity contribution in [1.29, 1.82) is 5.41 Å². The van der Waals surface area contributed by atoms with Crippen LogP contribution in [0.5, 0.6) is 0 Å². The van der Waals surface area contributed by atoms with E-state index >= 15 is 0 Å². The number of amides is 1. The predicted molar refractivity (Wildman–Crippen MR) is 125 cm³/mol. The van der Waals surface area contributed by atoms with Gasteiger partial charge in [0.1, 0.15) is 5.04 Å². The molecule has 154 valence electrons. The second kappa shape index (κ2) is 8.06. The number of rotatable bonds is 4. The number of hydrazone groups is 1. The molecule has 0 aliphatic carbocycles. The molecule has 2 aliphatic rings. The van der Waals surface area contributed by atoms with Crippen molar-refractivity contribution in [2.24, 2.45) is 10.1 Å². The second-order valence-electron chi connectivity index (χ2n) is 7.02. The van der Waals surface area contributed by atoms with Crippen LogP contribution in [0.2, 0.25) is 10.0 Å². The molecule has 1 amide bonds. The van der Waals surface area contributed by atoms with Crippen molar-refractivity contribution < 1.29 is 4.79 Å². The maximum Gasteiger partial charge on any atom is 0.283 e. The largest absolute Gasteiger partial charge is 0.316 e. The molecule has 1 aromatic carbocycles. The SMILES string of the molecule is CCCC1=NN2C(=N)C(=Cc3cc(C)n(-c4cc(Cl)ccc4Cl)c3C)C(=O)N=C2S1. The van der Waals surface area contributed by atoms with Crippen molar-refractivity contribution in [2.75, 3.05) is 0 Å². The summed E-state index contributed by atoms with van der Waals surface area (Å²) in [5.74, 6) is -0.397. The molecule has 0 atom stereocenters. The fourth-order valence-corrected chi connectivity index (χ4v) is 4.82. The Balaban J connectivity index is 1.75. The van der Waals surface area contributed by atoms with Gasteiger partial charge in [-0.1, -0.05) is 30.1 Å². The van der Waals surface area contributed by atoms with Crippen molar-refractivity contribution in [1.82, 2.24) is 9.58 Å². The van der Waals surface area contributed by atoms with E-state index in [9.17, 15) is 4.79 Å². The van der Waals surface area contributed by atoms with Gasteiger partial charge in [0, 0.05) is 16.4 Å². The van der Waals surface area contributed by atoms with Crippen molar-refractivity contribution >= 4 is 63.0 Å². The van der Waals surface area contributed by atoms with Gasteiger partial charge in [-0.15, -0.1) is 0 Å². The molecular formula is C21H19Cl2N5OS. The first-order valence-electron chi connectivity index (χ1n) is 9.43. The zero-order chi connectivity index (χ0) is 21.6. The van der Waals surface area contributed by atoms with Gasteiger partial charge < -0.3 is 4.57 Å². The van der Waals surface area contributed by atoms with Crippen LogP contribution in [-0.4, -0.2) is 31.5 Å². The van der Waals surface area contributed by atoms with Gasteiger partial charge in [-0.3, -0.25) is 10.2 Å². The molecule has 0 bridgehead atoms. The number of amidine groups is 2. The van der Waals surface area contributed by atoms with E-state index in [1.807, 2.05) is 24.5 Å². The molecule has 0 spiro atoms. The number of fused-ring (bicyclic) bond motifs is 1. The Kier molecular flexibility index (Phi) is 5.61. The van der Waals surface area contributed by atoms with E-state index in [1.54, 1.807) is 24.3 Å². The Labute approximate surface area is 188 Å². The number of nitrogens with one attached hydrogen (secondary N) is 1. The highest BCUT2D eigenvalue weighted by Crippen LogP contribution is 2.32. The number of carbonyl (C=O) groups excluding carboxylic acids is 1. The van der Waals surface area contributed by atoms with Crippen molar-refractivity contribution in [3.8, 4) is 5.69 Å². The van der Waals surface area contributed by atoms with Gasteiger partial charge in [0.25, 0.3) is 5.91 Å². The van der Waals surface area contributed by atoms with E-state index < -0.39 is 5.91 Å². The number of hydrogen-bond donors (Lipinski definition) is 1. The summed E-state index contributed by atoms with van der Waals surface area (Å²) in [6, 6.07) is 7.24. The van der Waals surface area contributed by atoms with E-state index in [0.717, 1.165) is 40.5 Å². The number of aliphatic imine (C=N–C) groups is 1. The minimum absolute atomic E-state index is 0.0363. The fourth-order valence-electron chi connectivity index (χ4n) is 3.46. The van der Waals surface area contributed by atoms with E-state index in [2.05, 4.69) is 17.0 Å². The maximum atomic E-state index is 12.7. The van der Waals surface area contributed by atoms with E-state index in [0.29, 0.717) is 15.2 Å². The van der Waals surface area contributed by atoms with Crippen LogP contribution in [-0.2, 0) is 4.79 Å². The highest BCUT2D eigenvalue weighted by molar-refractivity contribution is 8.26. The van der Waals surface area contributed by atoms with Gasteiger partial charge >= 0.3 is 0 Å². The van der Waals surface area contributed by atoms with E-state index in [-0.39, 0.29) is 11.4 Å². The number of carbonyl (C=O) groups is 1. The number of aromatic nitrogens is 1.